The van der Waals surface area contributed by atoms with Crippen LogP contribution in [-0.2, 0) is 0 Å². The van der Waals surface area contributed by atoms with Gasteiger partial charge in [-0.1, -0.05) is 42.0 Å². The molecule has 0 fully saturated rings. The standard InChI is InChI=1S/C16H14ClFO2/c1-3-4-10-5-7-12(15(17)16(10)19)11-6-8-14(20-2)13(18)9-11/h3-9,19H,1-2H3/b4-3+. The van der Waals surface area contributed by atoms with Crippen molar-refractivity contribution in [2.75, 3.05) is 7.11 Å². The van der Waals surface area contributed by atoms with Gasteiger partial charge in [0.25, 0.3) is 0 Å². The average Bonchev–Trinajstić information content (AvgIpc) is 2.44. The molecule has 20 heavy (non-hydrogen) atoms. The van der Waals surface area contributed by atoms with Crippen molar-refractivity contribution in [1.82, 2.24) is 0 Å². The normalized spacial score (nSPS) is 11.0. The SMILES string of the molecule is C/C=C/c1ccc(-c2ccc(OC)c(F)c2)c(Cl)c1O. The van der Waals surface area contributed by atoms with Crippen LogP contribution in [0, 0.1) is 5.82 Å². The summed E-state index contributed by atoms with van der Waals surface area (Å²) in [6, 6.07) is 8.03. The Bertz CT molecular complexity index is 666. The van der Waals surface area contributed by atoms with Gasteiger partial charge in [0, 0.05) is 11.1 Å². The third kappa shape index (κ3) is 2.63. The molecule has 2 aromatic rings. The Hall–Kier alpha value is -2.00. The highest BCUT2D eigenvalue weighted by atomic mass is 35.5. The summed E-state index contributed by atoms with van der Waals surface area (Å²) in [5.74, 6) is -0.323. The van der Waals surface area contributed by atoms with Crippen LogP contribution in [0.2, 0.25) is 5.02 Å². The summed E-state index contributed by atoms with van der Waals surface area (Å²) in [4.78, 5) is 0. The molecule has 2 aromatic carbocycles. The molecule has 0 bridgehead atoms. The van der Waals surface area contributed by atoms with Crippen molar-refractivity contribution in [3.05, 3.63) is 52.8 Å². The van der Waals surface area contributed by atoms with Crippen LogP contribution in [-0.4, -0.2) is 12.2 Å². The zero-order valence-electron chi connectivity index (χ0n) is 11.2. The second-order valence-electron chi connectivity index (χ2n) is 4.21. The third-order valence-corrected chi connectivity index (χ3v) is 3.34. The van der Waals surface area contributed by atoms with Crippen LogP contribution in [0.3, 0.4) is 0 Å². The van der Waals surface area contributed by atoms with Gasteiger partial charge in [-0.2, -0.15) is 0 Å². The maximum atomic E-state index is 13.7. The Morgan fingerprint density at radius 2 is 2.00 bits per heavy atom. The molecular weight excluding hydrogens is 279 g/mol. The highest BCUT2D eigenvalue weighted by Gasteiger charge is 2.12. The Balaban J connectivity index is 2.53. The van der Waals surface area contributed by atoms with E-state index >= 15 is 0 Å². The van der Waals surface area contributed by atoms with E-state index in [9.17, 15) is 9.50 Å². The Morgan fingerprint density at radius 3 is 2.60 bits per heavy atom. The summed E-state index contributed by atoms with van der Waals surface area (Å²) in [7, 11) is 1.41. The molecule has 0 atom stereocenters. The fourth-order valence-corrected chi connectivity index (χ4v) is 2.23. The first-order valence-electron chi connectivity index (χ1n) is 6.06. The molecule has 0 saturated heterocycles. The molecule has 0 unspecified atom stereocenters. The predicted molar refractivity (Wildman–Crippen MR) is 79.8 cm³/mol. The zero-order chi connectivity index (χ0) is 14.7. The van der Waals surface area contributed by atoms with Gasteiger partial charge in [-0.15, -0.1) is 0 Å². The summed E-state index contributed by atoms with van der Waals surface area (Å²) >= 11 is 6.16. The van der Waals surface area contributed by atoms with E-state index in [-0.39, 0.29) is 16.5 Å². The fraction of sp³-hybridized carbons (Fsp3) is 0.125. The second-order valence-corrected chi connectivity index (χ2v) is 4.59. The van der Waals surface area contributed by atoms with Crippen molar-refractivity contribution in [3.63, 3.8) is 0 Å². The number of methoxy groups -OCH3 is 1. The number of halogens is 2. The quantitative estimate of drug-likeness (QED) is 0.872. The van der Waals surface area contributed by atoms with Crippen molar-refractivity contribution in [1.29, 1.82) is 0 Å². The number of aromatic hydroxyl groups is 1. The fourth-order valence-electron chi connectivity index (χ4n) is 1.95. The molecular formula is C16H14ClFO2. The van der Waals surface area contributed by atoms with Gasteiger partial charge in [0.1, 0.15) is 5.75 Å². The maximum absolute atomic E-state index is 13.7. The van der Waals surface area contributed by atoms with Crippen LogP contribution in [0.25, 0.3) is 17.2 Å². The van der Waals surface area contributed by atoms with Gasteiger partial charge < -0.3 is 9.84 Å². The van der Waals surface area contributed by atoms with Crippen LogP contribution in [0.4, 0.5) is 4.39 Å². The summed E-state index contributed by atoms with van der Waals surface area (Å²) in [5, 5.41) is 10.2. The Kier molecular flexibility index (Phi) is 4.30. The van der Waals surface area contributed by atoms with E-state index in [4.69, 9.17) is 16.3 Å². The second kappa shape index (κ2) is 5.97. The van der Waals surface area contributed by atoms with Crippen molar-refractivity contribution < 1.29 is 14.2 Å². The number of rotatable bonds is 3. The molecule has 0 aliphatic heterocycles. The van der Waals surface area contributed by atoms with E-state index in [0.717, 1.165) is 0 Å². The third-order valence-electron chi connectivity index (χ3n) is 2.96. The summed E-state index contributed by atoms with van der Waals surface area (Å²) in [5.41, 5.74) is 1.77. The van der Waals surface area contributed by atoms with Gasteiger partial charge in [-0.25, -0.2) is 4.39 Å². The van der Waals surface area contributed by atoms with Crippen molar-refractivity contribution in [2.24, 2.45) is 0 Å². The average molecular weight is 293 g/mol. The first-order chi connectivity index (χ1) is 9.58. The highest BCUT2D eigenvalue weighted by molar-refractivity contribution is 6.35. The first kappa shape index (κ1) is 14.4. The lowest BCUT2D eigenvalue weighted by Crippen LogP contribution is -1.89. The number of allylic oxidation sites excluding steroid dienone is 1. The number of benzene rings is 2. The summed E-state index contributed by atoms with van der Waals surface area (Å²) < 4.78 is 18.6. The molecule has 0 aliphatic rings. The minimum Gasteiger partial charge on any atom is -0.506 e. The van der Waals surface area contributed by atoms with Gasteiger partial charge in [0.15, 0.2) is 11.6 Å². The van der Waals surface area contributed by atoms with Crippen LogP contribution in [0.1, 0.15) is 12.5 Å². The number of ether oxygens (including phenoxy) is 1. The van der Waals surface area contributed by atoms with Crippen LogP contribution >= 0.6 is 11.6 Å². The largest absolute Gasteiger partial charge is 0.506 e. The topological polar surface area (TPSA) is 29.5 Å². The van der Waals surface area contributed by atoms with E-state index in [1.807, 2.05) is 6.92 Å². The smallest absolute Gasteiger partial charge is 0.165 e. The molecule has 1 N–H and O–H groups in total. The van der Waals surface area contributed by atoms with Crippen molar-refractivity contribution in [2.45, 2.75) is 6.92 Å². The Labute approximate surface area is 122 Å². The lowest BCUT2D eigenvalue weighted by molar-refractivity contribution is 0.386. The Morgan fingerprint density at radius 1 is 1.25 bits per heavy atom. The van der Waals surface area contributed by atoms with Crippen molar-refractivity contribution >= 4 is 17.7 Å². The summed E-state index contributed by atoms with van der Waals surface area (Å²) in [6.45, 7) is 1.85. The zero-order valence-corrected chi connectivity index (χ0v) is 11.9. The first-order valence-corrected chi connectivity index (χ1v) is 6.44. The van der Waals surface area contributed by atoms with Gasteiger partial charge in [-0.3, -0.25) is 0 Å². The van der Waals surface area contributed by atoms with E-state index in [2.05, 4.69) is 0 Å². The maximum Gasteiger partial charge on any atom is 0.165 e. The van der Waals surface area contributed by atoms with Gasteiger partial charge in [-0.05, 0) is 24.6 Å². The molecule has 0 saturated carbocycles. The van der Waals surface area contributed by atoms with E-state index < -0.39 is 5.82 Å². The number of hydrogen-bond donors (Lipinski definition) is 1. The molecule has 0 radical (unpaired) electrons. The highest BCUT2D eigenvalue weighted by Crippen LogP contribution is 2.38. The van der Waals surface area contributed by atoms with E-state index in [1.165, 1.54) is 19.2 Å². The molecule has 0 heterocycles. The van der Waals surface area contributed by atoms with E-state index in [1.54, 1.807) is 30.4 Å². The molecule has 0 aromatic heterocycles. The predicted octanol–water partition coefficient (Wildman–Crippen LogP) is 4.89. The van der Waals surface area contributed by atoms with Crippen LogP contribution < -0.4 is 4.74 Å². The molecule has 4 heteroatoms. The van der Waals surface area contributed by atoms with Gasteiger partial charge >= 0.3 is 0 Å². The molecule has 104 valence electrons. The molecule has 2 nitrogen and oxygen atoms in total. The van der Waals surface area contributed by atoms with Gasteiger partial charge in [0.05, 0.1) is 12.1 Å². The molecule has 0 aliphatic carbocycles. The number of phenols is 1. The number of hydrogen-bond acceptors (Lipinski definition) is 2. The van der Waals surface area contributed by atoms with Crippen LogP contribution in [0.15, 0.2) is 36.4 Å². The van der Waals surface area contributed by atoms with E-state index in [0.29, 0.717) is 16.7 Å². The van der Waals surface area contributed by atoms with Crippen molar-refractivity contribution in [3.8, 4) is 22.6 Å². The monoisotopic (exact) mass is 292 g/mol. The lowest BCUT2D eigenvalue weighted by atomic mass is 10.0. The van der Waals surface area contributed by atoms with Crippen LogP contribution in [0.5, 0.6) is 11.5 Å². The molecule has 2 rings (SSSR count). The summed E-state index contributed by atoms with van der Waals surface area (Å²) in [6.07, 6.45) is 3.55. The lowest BCUT2D eigenvalue weighted by Gasteiger charge is -2.10. The minimum absolute atomic E-state index is 0.0153. The number of phenolic OH excluding ortho intramolecular Hbond substituents is 1. The molecule has 0 spiro atoms. The minimum atomic E-state index is -0.474. The molecule has 0 amide bonds. The van der Waals surface area contributed by atoms with Gasteiger partial charge in [0.2, 0.25) is 0 Å².